The number of ether oxygens (including phenoxy) is 1. The van der Waals surface area contributed by atoms with Gasteiger partial charge in [-0.05, 0) is 23.8 Å². The number of cyclic esters (lactones) is 1. The van der Waals surface area contributed by atoms with Gasteiger partial charge < -0.3 is 9.39 Å². The number of amides is 1. The van der Waals surface area contributed by atoms with E-state index in [9.17, 15) is 4.79 Å². The van der Waals surface area contributed by atoms with E-state index < -0.39 is 0 Å². The molecular formula is C17H30BNO3S2. The Kier molecular flexibility index (Phi) is 8.37. The molecule has 136 valence electrons. The van der Waals surface area contributed by atoms with Crippen LogP contribution in [0.4, 0.5) is 4.79 Å². The molecular weight excluding hydrogens is 341 g/mol. The predicted octanol–water partition coefficient (Wildman–Crippen LogP) is 4.94. The summed E-state index contributed by atoms with van der Waals surface area (Å²) in [5.74, 6) is 2.74. The van der Waals surface area contributed by atoms with Crippen LogP contribution in [0, 0.1) is 5.92 Å². The van der Waals surface area contributed by atoms with E-state index >= 15 is 0 Å². The molecule has 2 saturated heterocycles. The van der Waals surface area contributed by atoms with Crippen LogP contribution < -0.4 is 0 Å². The van der Waals surface area contributed by atoms with Crippen LogP contribution in [0.2, 0.25) is 12.6 Å². The van der Waals surface area contributed by atoms with Gasteiger partial charge in [-0.3, -0.25) is 4.90 Å². The molecule has 2 heterocycles. The van der Waals surface area contributed by atoms with Crippen LogP contribution in [-0.4, -0.2) is 48.3 Å². The van der Waals surface area contributed by atoms with E-state index in [0.717, 1.165) is 19.1 Å². The number of rotatable bonds is 8. The lowest BCUT2D eigenvalue weighted by Crippen LogP contribution is -2.47. The molecule has 0 aromatic heterocycles. The molecule has 0 aromatic carbocycles. The van der Waals surface area contributed by atoms with Crippen molar-refractivity contribution in [2.75, 3.05) is 18.1 Å². The zero-order chi connectivity index (χ0) is 17.5. The van der Waals surface area contributed by atoms with Crippen LogP contribution in [0.3, 0.4) is 0 Å². The van der Waals surface area contributed by atoms with Crippen LogP contribution in [0.25, 0.3) is 0 Å². The van der Waals surface area contributed by atoms with Gasteiger partial charge in [0.2, 0.25) is 0 Å². The highest BCUT2D eigenvalue weighted by Gasteiger charge is 2.40. The molecule has 0 radical (unpaired) electrons. The Morgan fingerprint density at radius 2 is 2.00 bits per heavy atom. The van der Waals surface area contributed by atoms with Gasteiger partial charge in [0, 0.05) is 10.7 Å². The van der Waals surface area contributed by atoms with Crippen LogP contribution >= 0.6 is 23.5 Å². The van der Waals surface area contributed by atoms with Crippen molar-refractivity contribution in [3.63, 3.8) is 0 Å². The molecule has 0 N–H and O–H groups in total. The molecule has 0 saturated carbocycles. The van der Waals surface area contributed by atoms with E-state index in [-0.39, 0.29) is 25.3 Å². The van der Waals surface area contributed by atoms with E-state index in [1.54, 1.807) is 0 Å². The third kappa shape index (κ3) is 5.36. The molecule has 2 aliphatic heterocycles. The summed E-state index contributed by atoms with van der Waals surface area (Å²) < 4.78 is 13.0. The predicted molar refractivity (Wildman–Crippen MR) is 106 cm³/mol. The van der Waals surface area contributed by atoms with E-state index in [2.05, 4.69) is 33.8 Å². The molecule has 2 aliphatic rings. The Bertz CT molecular complexity index is 436. The van der Waals surface area contributed by atoms with Gasteiger partial charge in [-0.25, -0.2) is 4.79 Å². The van der Waals surface area contributed by atoms with Gasteiger partial charge >= 0.3 is 6.09 Å². The highest BCUT2D eigenvalue weighted by Crippen LogP contribution is 2.35. The van der Waals surface area contributed by atoms with Gasteiger partial charge in [0.1, 0.15) is 12.8 Å². The lowest BCUT2D eigenvalue weighted by molar-refractivity contribution is 0.0292. The zero-order valence-corrected chi connectivity index (χ0v) is 17.0. The minimum absolute atomic E-state index is 0.0990. The van der Waals surface area contributed by atoms with Crippen molar-refractivity contribution in [3.8, 4) is 0 Å². The fourth-order valence-corrected chi connectivity index (χ4v) is 5.41. The average molecular weight is 371 g/mol. The number of nitrogens with zero attached hydrogens (tertiary/aromatic N) is 1. The van der Waals surface area contributed by atoms with Crippen molar-refractivity contribution in [3.05, 3.63) is 10.3 Å². The second-order valence-electron chi connectivity index (χ2n) is 6.63. The third-order valence-electron chi connectivity index (χ3n) is 4.55. The lowest BCUT2D eigenvalue weighted by Gasteiger charge is -2.34. The first-order valence-electron chi connectivity index (χ1n) is 9.13. The highest BCUT2D eigenvalue weighted by atomic mass is 32.2. The van der Waals surface area contributed by atoms with Crippen molar-refractivity contribution in [2.45, 2.75) is 65.4 Å². The molecule has 0 spiro atoms. The first-order chi connectivity index (χ1) is 11.6. The van der Waals surface area contributed by atoms with Crippen molar-refractivity contribution >= 4 is 36.5 Å². The van der Waals surface area contributed by atoms with Crippen LogP contribution in [0.15, 0.2) is 10.3 Å². The SMILES string of the molecule is CCB(CC)OC(CC=C1SCCCS1)N1C(=O)OC[C@@H]1C(C)C. The molecule has 1 unspecified atom stereocenters. The first kappa shape index (κ1) is 20.1. The highest BCUT2D eigenvalue weighted by molar-refractivity contribution is 8.22. The molecule has 2 fully saturated rings. The summed E-state index contributed by atoms with van der Waals surface area (Å²) in [6.07, 6.45) is 5.73. The maximum absolute atomic E-state index is 12.3. The fourth-order valence-electron chi connectivity index (χ4n) is 2.99. The number of thioether (sulfide) groups is 2. The van der Waals surface area contributed by atoms with Crippen LogP contribution in [0.1, 0.15) is 40.5 Å². The molecule has 0 aromatic rings. The maximum atomic E-state index is 12.3. The molecule has 24 heavy (non-hydrogen) atoms. The Labute approximate surface area is 155 Å². The van der Waals surface area contributed by atoms with Crippen molar-refractivity contribution in [1.82, 2.24) is 4.90 Å². The summed E-state index contributed by atoms with van der Waals surface area (Å²) in [6, 6.07) is 0.0990. The van der Waals surface area contributed by atoms with Crippen LogP contribution in [0.5, 0.6) is 0 Å². The van der Waals surface area contributed by atoms with Crippen molar-refractivity contribution in [2.24, 2.45) is 5.92 Å². The van der Waals surface area contributed by atoms with E-state index in [1.807, 2.05) is 28.4 Å². The van der Waals surface area contributed by atoms with Crippen molar-refractivity contribution < 1.29 is 14.2 Å². The lowest BCUT2D eigenvalue weighted by atomic mass is 9.62. The van der Waals surface area contributed by atoms with E-state index in [1.165, 1.54) is 22.2 Å². The normalized spacial score (nSPS) is 22.7. The van der Waals surface area contributed by atoms with Gasteiger partial charge in [-0.15, -0.1) is 23.5 Å². The Morgan fingerprint density at radius 3 is 2.58 bits per heavy atom. The largest absolute Gasteiger partial charge is 0.447 e. The molecule has 4 nitrogen and oxygen atoms in total. The molecule has 1 amide bonds. The van der Waals surface area contributed by atoms with E-state index in [4.69, 9.17) is 9.39 Å². The van der Waals surface area contributed by atoms with E-state index in [0.29, 0.717) is 12.5 Å². The Morgan fingerprint density at radius 1 is 1.33 bits per heavy atom. The zero-order valence-electron chi connectivity index (χ0n) is 15.3. The smallest absolute Gasteiger partial charge is 0.412 e. The Hall–Kier alpha value is -0.265. The molecule has 2 rings (SSSR count). The number of carbonyl (C=O) groups excluding carboxylic acids is 1. The second-order valence-corrected chi connectivity index (χ2v) is 9.17. The monoisotopic (exact) mass is 371 g/mol. The minimum atomic E-state index is -0.230. The summed E-state index contributed by atoms with van der Waals surface area (Å²) in [5.41, 5.74) is 0. The van der Waals surface area contributed by atoms with Gasteiger partial charge in [0.25, 0.3) is 6.92 Å². The Balaban J connectivity index is 2.12. The fraction of sp³-hybridized carbons (Fsp3) is 0.824. The van der Waals surface area contributed by atoms with Crippen LogP contribution in [-0.2, 0) is 9.39 Å². The summed E-state index contributed by atoms with van der Waals surface area (Å²) >= 11 is 3.84. The topological polar surface area (TPSA) is 38.8 Å². The van der Waals surface area contributed by atoms with Gasteiger partial charge in [-0.1, -0.05) is 46.4 Å². The standard InChI is InChI=1S/C17H30BNO3S2/c1-5-18(6-2)22-15(8-9-16-23-10-7-11-24-16)19-14(13(3)4)12-21-17(19)20/h9,13-15H,5-8,10-12H2,1-4H3/t14-,15?/m1/s1. The summed E-state index contributed by atoms with van der Waals surface area (Å²) in [6.45, 7) is 9.20. The second kappa shape index (κ2) is 10.0. The van der Waals surface area contributed by atoms with Gasteiger partial charge in [0.05, 0.1) is 6.04 Å². The third-order valence-corrected chi connectivity index (χ3v) is 7.14. The quantitative estimate of drug-likeness (QED) is 0.565. The maximum Gasteiger partial charge on any atom is 0.412 e. The number of carbonyl (C=O) groups is 1. The summed E-state index contributed by atoms with van der Waals surface area (Å²) in [4.78, 5) is 14.2. The first-order valence-corrected chi connectivity index (χ1v) is 11.1. The summed E-state index contributed by atoms with van der Waals surface area (Å²) in [5, 5.41) is 0. The van der Waals surface area contributed by atoms with Gasteiger partial charge in [0.15, 0.2) is 0 Å². The minimum Gasteiger partial charge on any atom is -0.447 e. The molecule has 0 bridgehead atoms. The molecule has 7 heteroatoms. The number of hydrogen-bond donors (Lipinski definition) is 0. The molecule has 2 atom stereocenters. The average Bonchev–Trinajstić information content (AvgIpc) is 2.98. The number of hydrogen-bond acceptors (Lipinski definition) is 5. The molecule has 0 aliphatic carbocycles. The summed E-state index contributed by atoms with van der Waals surface area (Å²) in [7, 11) is 0. The van der Waals surface area contributed by atoms with Gasteiger partial charge in [-0.2, -0.15) is 0 Å². The van der Waals surface area contributed by atoms with Crippen molar-refractivity contribution in [1.29, 1.82) is 0 Å².